The molecular weight excluding hydrogens is 292 g/mol. The molecule has 0 atom stereocenters. The van der Waals surface area contributed by atoms with Gasteiger partial charge in [0.25, 0.3) is 0 Å². The van der Waals surface area contributed by atoms with Crippen molar-refractivity contribution in [2.24, 2.45) is 11.3 Å². The minimum absolute atomic E-state index is 0.432. The molecule has 1 rings (SSSR count). The third-order valence-corrected chi connectivity index (χ3v) is 4.15. The minimum atomic E-state index is 0.432. The number of nitrogens with zero attached hydrogens (tertiary/aromatic N) is 2. The Kier molecular flexibility index (Phi) is 9.75. The average Bonchev–Trinajstić information content (AvgIpc) is 2.93. The van der Waals surface area contributed by atoms with Gasteiger partial charge in [-0.3, -0.25) is 0 Å². The van der Waals surface area contributed by atoms with Crippen molar-refractivity contribution in [3.8, 4) is 0 Å². The van der Waals surface area contributed by atoms with Crippen LogP contribution in [0.3, 0.4) is 0 Å². The maximum Gasteiger partial charge on any atom is 0.0949 e. The van der Waals surface area contributed by atoms with Crippen molar-refractivity contribution in [2.45, 2.75) is 86.1 Å². The maximum atomic E-state index is 4.52. The molecule has 0 fully saturated rings. The predicted molar refractivity (Wildman–Crippen MR) is 106 cm³/mol. The summed E-state index contributed by atoms with van der Waals surface area (Å²) >= 11 is 0. The first-order valence-corrected chi connectivity index (χ1v) is 9.69. The lowest BCUT2D eigenvalue weighted by Crippen LogP contribution is -2.02. The standard InChI is InChI=1S/C22H38N2/c1-20(2)14-11-13-17-24-18-21(23-19-24)15-10-8-6-7-9-12-16-22(3,4)5/h6-9,18-20H,10-17H2,1-5H3/b8-6+,9-7+. The van der Waals surface area contributed by atoms with Crippen molar-refractivity contribution in [2.75, 3.05) is 0 Å². The van der Waals surface area contributed by atoms with Crippen molar-refractivity contribution < 1.29 is 0 Å². The smallest absolute Gasteiger partial charge is 0.0949 e. The summed E-state index contributed by atoms with van der Waals surface area (Å²) in [7, 11) is 0. The van der Waals surface area contributed by atoms with Crippen molar-refractivity contribution >= 4 is 0 Å². The van der Waals surface area contributed by atoms with E-state index in [9.17, 15) is 0 Å². The van der Waals surface area contributed by atoms with E-state index in [0.29, 0.717) is 5.41 Å². The van der Waals surface area contributed by atoms with E-state index in [0.717, 1.165) is 31.7 Å². The Labute approximate surface area is 150 Å². The molecule has 0 amide bonds. The summed E-state index contributed by atoms with van der Waals surface area (Å²) < 4.78 is 2.24. The third kappa shape index (κ3) is 11.3. The molecule has 0 saturated carbocycles. The van der Waals surface area contributed by atoms with Gasteiger partial charge in [0, 0.05) is 12.7 Å². The van der Waals surface area contributed by atoms with Crippen molar-refractivity contribution in [1.29, 1.82) is 0 Å². The second-order valence-corrected chi connectivity index (χ2v) is 8.49. The Bertz CT molecular complexity index is 486. The van der Waals surface area contributed by atoms with Crippen LogP contribution in [0, 0.1) is 11.3 Å². The summed E-state index contributed by atoms with van der Waals surface area (Å²) in [5.41, 5.74) is 1.64. The zero-order valence-corrected chi connectivity index (χ0v) is 16.6. The van der Waals surface area contributed by atoms with E-state index in [1.54, 1.807) is 0 Å². The van der Waals surface area contributed by atoms with Gasteiger partial charge < -0.3 is 4.57 Å². The summed E-state index contributed by atoms with van der Waals surface area (Å²) in [6, 6.07) is 0. The number of imidazole rings is 1. The molecule has 0 aliphatic heterocycles. The lowest BCUT2D eigenvalue weighted by atomic mass is 9.90. The van der Waals surface area contributed by atoms with Crippen LogP contribution >= 0.6 is 0 Å². The molecule has 1 heterocycles. The van der Waals surface area contributed by atoms with Crippen LogP contribution in [0.15, 0.2) is 36.8 Å². The Morgan fingerprint density at radius 3 is 2.46 bits per heavy atom. The molecular formula is C22H38N2. The zero-order valence-electron chi connectivity index (χ0n) is 16.6. The molecule has 2 nitrogen and oxygen atoms in total. The number of hydrogen-bond donors (Lipinski definition) is 0. The molecule has 0 aromatic carbocycles. The highest BCUT2D eigenvalue weighted by atomic mass is 15.0. The summed E-state index contributed by atoms with van der Waals surface area (Å²) in [5.74, 6) is 0.817. The molecule has 1 aromatic heterocycles. The molecule has 0 saturated heterocycles. The number of unbranched alkanes of at least 4 members (excludes halogenated alkanes) is 1. The second-order valence-electron chi connectivity index (χ2n) is 8.49. The molecule has 2 heteroatoms. The number of hydrogen-bond acceptors (Lipinski definition) is 1. The molecule has 0 radical (unpaired) electrons. The van der Waals surface area contributed by atoms with Gasteiger partial charge in [-0.1, -0.05) is 71.8 Å². The van der Waals surface area contributed by atoms with Crippen LogP contribution in [-0.4, -0.2) is 9.55 Å². The monoisotopic (exact) mass is 330 g/mol. The second kappa shape index (κ2) is 11.3. The van der Waals surface area contributed by atoms with E-state index in [4.69, 9.17) is 0 Å². The fourth-order valence-corrected chi connectivity index (χ4v) is 2.60. The fraction of sp³-hybridized carbons (Fsp3) is 0.682. The van der Waals surface area contributed by atoms with E-state index in [-0.39, 0.29) is 0 Å². The highest BCUT2D eigenvalue weighted by Crippen LogP contribution is 2.20. The highest BCUT2D eigenvalue weighted by Gasteiger charge is 2.07. The van der Waals surface area contributed by atoms with Gasteiger partial charge in [-0.15, -0.1) is 0 Å². The molecule has 0 aliphatic rings. The van der Waals surface area contributed by atoms with E-state index in [1.807, 2.05) is 6.33 Å². The van der Waals surface area contributed by atoms with Gasteiger partial charge in [-0.25, -0.2) is 4.98 Å². The van der Waals surface area contributed by atoms with Crippen molar-refractivity contribution in [1.82, 2.24) is 9.55 Å². The Balaban J connectivity index is 2.15. The molecule has 24 heavy (non-hydrogen) atoms. The minimum Gasteiger partial charge on any atom is -0.337 e. The Hall–Kier alpha value is -1.31. The van der Waals surface area contributed by atoms with Crippen LogP contribution < -0.4 is 0 Å². The third-order valence-electron chi connectivity index (χ3n) is 4.15. The van der Waals surface area contributed by atoms with Gasteiger partial charge in [0.2, 0.25) is 0 Å². The van der Waals surface area contributed by atoms with Crippen LogP contribution in [0.5, 0.6) is 0 Å². The molecule has 0 unspecified atom stereocenters. The van der Waals surface area contributed by atoms with E-state index in [2.05, 4.69) is 74.7 Å². The zero-order chi connectivity index (χ0) is 17.8. The Morgan fingerprint density at radius 1 is 1.08 bits per heavy atom. The van der Waals surface area contributed by atoms with Crippen LogP contribution in [0.1, 0.15) is 78.8 Å². The lowest BCUT2D eigenvalue weighted by Gasteiger charge is -2.15. The predicted octanol–water partition coefficient (Wildman–Crippen LogP) is 6.58. The summed E-state index contributed by atoms with van der Waals surface area (Å²) in [5, 5.41) is 0. The quantitative estimate of drug-likeness (QED) is 0.331. The summed E-state index contributed by atoms with van der Waals surface area (Å²) in [6.07, 6.45) is 21.5. The van der Waals surface area contributed by atoms with Crippen molar-refractivity contribution in [3.63, 3.8) is 0 Å². The first-order chi connectivity index (χ1) is 11.4. The van der Waals surface area contributed by atoms with Crippen molar-refractivity contribution in [3.05, 3.63) is 42.5 Å². The Morgan fingerprint density at radius 2 is 1.79 bits per heavy atom. The van der Waals surface area contributed by atoms with Gasteiger partial charge in [0.1, 0.15) is 0 Å². The van der Waals surface area contributed by atoms with Crippen LogP contribution in [0.4, 0.5) is 0 Å². The number of rotatable bonds is 11. The maximum absolute atomic E-state index is 4.52. The molecule has 0 bridgehead atoms. The molecule has 136 valence electrons. The fourth-order valence-electron chi connectivity index (χ4n) is 2.60. The molecule has 0 N–H and O–H groups in total. The highest BCUT2D eigenvalue weighted by molar-refractivity contribution is 5.05. The number of aromatic nitrogens is 2. The topological polar surface area (TPSA) is 17.8 Å². The van der Waals surface area contributed by atoms with E-state index in [1.165, 1.54) is 31.4 Å². The normalized spacial score (nSPS) is 12.9. The summed E-state index contributed by atoms with van der Waals surface area (Å²) in [6.45, 7) is 12.6. The summed E-state index contributed by atoms with van der Waals surface area (Å²) in [4.78, 5) is 4.52. The molecule has 0 spiro atoms. The SMILES string of the molecule is CC(C)CCCCn1cnc(CC/C=C/C=C/CCC(C)(C)C)c1. The van der Waals surface area contributed by atoms with E-state index >= 15 is 0 Å². The van der Waals surface area contributed by atoms with Gasteiger partial charge in [-0.2, -0.15) is 0 Å². The molecule has 1 aromatic rings. The largest absolute Gasteiger partial charge is 0.337 e. The van der Waals surface area contributed by atoms with Crippen LogP contribution in [0.25, 0.3) is 0 Å². The molecule has 0 aliphatic carbocycles. The van der Waals surface area contributed by atoms with Crippen LogP contribution in [-0.2, 0) is 13.0 Å². The number of aryl methyl sites for hydroxylation is 2. The lowest BCUT2D eigenvalue weighted by molar-refractivity contribution is 0.381. The first kappa shape index (κ1) is 20.7. The van der Waals surface area contributed by atoms with Gasteiger partial charge in [0.15, 0.2) is 0 Å². The van der Waals surface area contributed by atoms with Gasteiger partial charge in [-0.05, 0) is 43.4 Å². The van der Waals surface area contributed by atoms with Gasteiger partial charge >= 0.3 is 0 Å². The average molecular weight is 331 g/mol. The van der Waals surface area contributed by atoms with Gasteiger partial charge in [0.05, 0.1) is 12.0 Å². The first-order valence-electron chi connectivity index (χ1n) is 9.69. The number of allylic oxidation sites excluding steroid dienone is 4. The van der Waals surface area contributed by atoms with E-state index < -0.39 is 0 Å². The van der Waals surface area contributed by atoms with Crippen LogP contribution in [0.2, 0.25) is 0 Å².